The fourth-order valence-corrected chi connectivity index (χ4v) is 3.87. The van der Waals surface area contributed by atoms with Gasteiger partial charge in [0.05, 0.1) is 21.7 Å². The number of nitro groups is 1. The Morgan fingerprint density at radius 2 is 1.83 bits per heavy atom. The predicted octanol–water partition coefficient (Wildman–Crippen LogP) is 4.74. The number of aromatic nitrogens is 3. The van der Waals surface area contributed by atoms with Crippen LogP contribution in [0, 0.1) is 10.1 Å². The number of carbonyl (C=O) groups excluding carboxylic acids is 1. The number of rotatable bonds is 5. The lowest BCUT2D eigenvalue weighted by Gasteiger charge is -2.19. The van der Waals surface area contributed by atoms with Crippen molar-refractivity contribution in [2.45, 2.75) is 13.2 Å². The molecule has 0 fully saturated rings. The number of hydrazone groups is 1. The maximum absolute atomic E-state index is 12.5. The highest BCUT2D eigenvalue weighted by Crippen LogP contribution is 2.37. The van der Waals surface area contributed by atoms with Crippen molar-refractivity contribution in [2.24, 2.45) is 5.10 Å². The highest BCUT2D eigenvalue weighted by atomic mass is 35.5. The van der Waals surface area contributed by atoms with Gasteiger partial charge in [0.15, 0.2) is 0 Å². The number of amides is 1. The summed E-state index contributed by atoms with van der Waals surface area (Å²) >= 11 is 6.23. The summed E-state index contributed by atoms with van der Waals surface area (Å²) in [7, 11) is 0. The van der Waals surface area contributed by atoms with Gasteiger partial charge in [-0.15, -0.1) is 5.10 Å². The summed E-state index contributed by atoms with van der Waals surface area (Å²) in [5, 5.41) is 21.5. The monoisotopic (exact) mass is 488 g/mol. The second-order valence-corrected chi connectivity index (χ2v) is 7.96. The molecule has 2 aromatic carbocycles. The van der Waals surface area contributed by atoms with Crippen molar-refractivity contribution in [1.29, 1.82) is 0 Å². The quantitative estimate of drug-likeness (QED) is 0.228. The number of hydrogen-bond donors (Lipinski definition) is 0. The van der Waals surface area contributed by atoms with Crippen LogP contribution in [0.3, 0.4) is 0 Å². The lowest BCUT2D eigenvalue weighted by molar-refractivity contribution is -0.384. The van der Waals surface area contributed by atoms with Crippen LogP contribution in [0.2, 0.25) is 5.15 Å². The maximum Gasteiger partial charge on any atom is 0.269 e. The lowest BCUT2D eigenvalue weighted by Crippen LogP contribution is -2.25. The third-order valence-corrected chi connectivity index (χ3v) is 5.64. The Morgan fingerprint density at radius 1 is 1.09 bits per heavy atom. The molecule has 0 radical (unpaired) electrons. The molecule has 1 unspecified atom stereocenters. The van der Waals surface area contributed by atoms with Gasteiger partial charge in [-0.2, -0.15) is 10.1 Å². The first-order valence-corrected chi connectivity index (χ1v) is 10.9. The first-order chi connectivity index (χ1) is 16.9. The zero-order valence-electron chi connectivity index (χ0n) is 18.3. The summed E-state index contributed by atoms with van der Waals surface area (Å²) in [6.45, 7) is 1.39. The molecule has 2 aromatic heterocycles. The van der Waals surface area contributed by atoms with E-state index in [-0.39, 0.29) is 22.6 Å². The minimum Gasteiger partial charge on any atom is -0.445 e. The number of nitrogens with zero attached hydrogens (tertiary/aromatic N) is 6. The van der Waals surface area contributed by atoms with Crippen LogP contribution in [0.1, 0.15) is 24.3 Å². The van der Waals surface area contributed by atoms with Crippen molar-refractivity contribution >= 4 is 29.1 Å². The lowest BCUT2D eigenvalue weighted by atomic mass is 10.1. The molecule has 0 saturated heterocycles. The van der Waals surface area contributed by atoms with Crippen molar-refractivity contribution in [2.75, 3.05) is 0 Å². The number of ether oxygens (including phenoxy) is 1. The van der Waals surface area contributed by atoms with Crippen LogP contribution >= 0.6 is 11.6 Å². The van der Waals surface area contributed by atoms with E-state index >= 15 is 0 Å². The molecule has 1 aliphatic heterocycles. The van der Waals surface area contributed by atoms with Gasteiger partial charge in [-0.3, -0.25) is 14.9 Å². The van der Waals surface area contributed by atoms with Gasteiger partial charge in [-0.1, -0.05) is 41.9 Å². The third-order valence-electron chi connectivity index (χ3n) is 5.34. The number of benzene rings is 2. The summed E-state index contributed by atoms with van der Waals surface area (Å²) in [5.74, 6) is -0.183. The molecular weight excluding hydrogens is 472 g/mol. The highest BCUT2D eigenvalue weighted by Gasteiger charge is 2.37. The molecule has 11 heteroatoms. The molecule has 0 saturated carbocycles. The van der Waals surface area contributed by atoms with Gasteiger partial charge in [0, 0.05) is 37.0 Å². The smallest absolute Gasteiger partial charge is 0.269 e. The Balaban J connectivity index is 1.60. The van der Waals surface area contributed by atoms with Crippen molar-refractivity contribution in [3.63, 3.8) is 0 Å². The van der Waals surface area contributed by atoms with Crippen molar-refractivity contribution in [1.82, 2.24) is 19.8 Å². The molecule has 174 valence electrons. The predicted molar refractivity (Wildman–Crippen MR) is 128 cm³/mol. The number of carbonyl (C=O) groups is 1. The van der Waals surface area contributed by atoms with E-state index in [9.17, 15) is 14.9 Å². The molecule has 1 amide bonds. The summed E-state index contributed by atoms with van der Waals surface area (Å²) < 4.78 is 7.72. The number of nitro benzene ring substituents is 1. The van der Waals surface area contributed by atoms with Crippen LogP contribution in [0.4, 0.5) is 5.69 Å². The molecule has 1 atom stereocenters. The normalized spacial score (nSPS) is 15.0. The molecule has 0 aliphatic carbocycles. The van der Waals surface area contributed by atoms with Crippen LogP contribution in [-0.4, -0.2) is 36.5 Å². The summed E-state index contributed by atoms with van der Waals surface area (Å²) in [6.07, 6.45) is 2.34. The van der Waals surface area contributed by atoms with E-state index in [1.54, 1.807) is 41.3 Å². The fraction of sp³-hybridized carbons (Fsp3) is 0.0833. The van der Waals surface area contributed by atoms with Crippen LogP contribution in [0.15, 0.2) is 84.2 Å². The van der Waals surface area contributed by atoms with Crippen molar-refractivity contribution < 1.29 is 14.5 Å². The van der Waals surface area contributed by atoms with Gasteiger partial charge in [-0.25, -0.2) is 9.67 Å². The second-order valence-electron chi connectivity index (χ2n) is 7.60. The van der Waals surface area contributed by atoms with Gasteiger partial charge >= 0.3 is 0 Å². The molecule has 0 N–H and O–H groups in total. The van der Waals surface area contributed by atoms with Crippen LogP contribution in [0.5, 0.6) is 0 Å². The molecule has 4 aromatic rings. The summed E-state index contributed by atoms with van der Waals surface area (Å²) in [5.41, 5.74) is 2.95. The molecule has 10 nitrogen and oxygen atoms in total. The van der Waals surface area contributed by atoms with Crippen LogP contribution in [0.25, 0.3) is 16.9 Å². The first kappa shape index (κ1) is 22.2. The van der Waals surface area contributed by atoms with E-state index in [1.807, 2.05) is 30.3 Å². The maximum atomic E-state index is 12.5. The minimum absolute atomic E-state index is 0.0299. The Labute approximate surface area is 204 Å². The van der Waals surface area contributed by atoms with E-state index in [0.717, 1.165) is 5.56 Å². The summed E-state index contributed by atoms with van der Waals surface area (Å²) in [4.78, 5) is 27.1. The molecule has 3 heterocycles. The molecule has 35 heavy (non-hydrogen) atoms. The third kappa shape index (κ3) is 4.22. The van der Waals surface area contributed by atoms with E-state index in [0.29, 0.717) is 22.5 Å². The van der Waals surface area contributed by atoms with Gasteiger partial charge in [-0.05, 0) is 24.3 Å². The SMILES string of the molecule is CC(=O)N1N=C(c2cccnc2Cl)OC1c1cn(-c2ccc([N+](=O)[O-])cc2)nc1-c1ccccc1. The van der Waals surface area contributed by atoms with Gasteiger partial charge in [0.25, 0.3) is 5.69 Å². The van der Waals surface area contributed by atoms with Gasteiger partial charge < -0.3 is 4.74 Å². The van der Waals surface area contributed by atoms with E-state index in [2.05, 4.69) is 10.1 Å². The van der Waals surface area contributed by atoms with E-state index in [1.165, 1.54) is 24.1 Å². The van der Waals surface area contributed by atoms with Gasteiger partial charge in [0.1, 0.15) is 10.8 Å². The number of non-ortho nitro benzene ring substituents is 1. The average molecular weight is 489 g/mol. The Morgan fingerprint density at radius 3 is 2.49 bits per heavy atom. The van der Waals surface area contributed by atoms with E-state index in [4.69, 9.17) is 21.4 Å². The molecule has 0 bridgehead atoms. The number of halogens is 1. The molecule has 0 spiro atoms. The zero-order chi connectivity index (χ0) is 24.5. The standard InChI is InChI=1S/C24H17ClN6O4/c1-15(32)30-24(35-23(28-30)19-8-5-13-26-22(19)25)20-14-29(17-9-11-18(12-10-17)31(33)34)27-21(20)16-6-3-2-4-7-16/h2-14,24H,1H3. The van der Waals surface area contributed by atoms with E-state index < -0.39 is 11.2 Å². The van der Waals surface area contributed by atoms with Gasteiger partial charge in [0.2, 0.25) is 18.0 Å². The van der Waals surface area contributed by atoms with Crippen LogP contribution < -0.4 is 0 Å². The minimum atomic E-state index is -0.916. The largest absolute Gasteiger partial charge is 0.445 e. The Kier molecular flexibility index (Phi) is 5.71. The summed E-state index contributed by atoms with van der Waals surface area (Å²) in [6, 6.07) is 18.8. The second kappa shape index (κ2) is 8.99. The number of hydrogen-bond acceptors (Lipinski definition) is 7. The highest BCUT2D eigenvalue weighted by molar-refractivity contribution is 6.32. The Hall–Kier alpha value is -4.57. The molecular formula is C24H17ClN6O4. The zero-order valence-corrected chi connectivity index (χ0v) is 19.0. The average Bonchev–Trinajstić information content (AvgIpc) is 3.50. The molecule has 1 aliphatic rings. The fourth-order valence-electron chi connectivity index (χ4n) is 3.67. The van der Waals surface area contributed by atoms with Crippen molar-refractivity contribution in [3.8, 4) is 16.9 Å². The Bertz CT molecular complexity index is 1450. The topological polar surface area (TPSA) is 116 Å². The molecule has 5 rings (SSSR count). The first-order valence-electron chi connectivity index (χ1n) is 10.5. The number of pyridine rings is 1. The van der Waals surface area contributed by atoms with Crippen molar-refractivity contribution in [3.05, 3.63) is 106 Å². The van der Waals surface area contributed by atoms with Crippen LogP contribution in [-0.2, 0) is 9.53 Å².